The number of para-hydroxylation sites is 1. The van der Waals surface area contributed by atoms with Crippen molar-refractivity contribution in [2.75, 3.05) is 39.5 Å². The van der Waals surface area contributed by atoms with E-state index in [1.54, 1.807) is 36.4 Å². The fraction of sp³-hybridized carbons (Fsp3) is 0.304. The summed E-state index contributed by atoms with van der Waals surface area (Å²) < 4.78 is 22.4. The molecule has 4 rings (SSSR count). The van der Waals surface area contributed by atoms with E-state index >= 15 is 0 Å². The molecule has 0 saturated carbocycles. The number of halogens is 1. The summed E-state index contributed by atoms with van der Waals surface area (Å²) in [5.74, 6) is 0.0221. The van der Waals surface area contributed by atoms with E-state index in [1.165, 1.54) is 11.0 Å². The largest absolute Gasteiger partial charge is 1.00 e. The van der Waals surface area contributed by atoms with Crippen LogP contribution in [0.4, 0.5) is 0 Å². The number of quaternary nitrogens is 1. The van der Waals surface area contributed by atoms with Crippen LogP contribution >= 0.6 is 0 Å². The lowest BCUT2D eigenvalue weighted by Crippen LogP contribution is -3.15. The highest BCUT2D eigenvalue weighted by molar-refractivity contribution is 5.89. The molecule has 2 heterocycles. The molecule has 164 valence electrons. The zero-order chi connectivity index (χ0) is 20.8. The van der Waals surface area contributed by atoms with Gasteiger partial charge < -0.3 is 35.9 Å². The number of benzene rings is 2. The fourth-order valence-electron chi connectivity index (χ4n) is 3.50. The Morgan fingerprint density at radius 3 is 2.52 bits per heavy atom. The number of rotatable bonds is 7. The Morgan fingerprint density at radius 2 is 1.74 bits per heavy atom. The molecule has 8 heteroatoms. The molecular weight excluding hydrogens is 422 g/mol. The van der Waals surface area contributed by atoms with Crippen molar-refractivity contribution >= 4 is 16.9 Å². The van der Waals surface area contributed by atoms with Gasteiger partial charge in [-0.3, -0.25) is 0 Å². The summed E-state index contributed by atoms with van der Waals surface area (Å²) in [6.07, 6.45) is -0.475. The van der Waals surface area contributed by atoms with Gasteiger partial charge in [0.1, 0.15) is 37.6 Å². The number of morpholine rings is 1. The highest BCUT2D eigenvalue weighted by Crippen LogP contribution is 2.23. The molecule has 1 N–H and O–H groups in total. The molecule has 0 spiro atoms. The number of carbonyl (C=O) groups is 1. The monoisotopic (exact) mass is 445 g/mol. The maximum Gasteiger partial charge on any atom is 0.339 e. The van der Waals surface area contributed by atoms with Crippen LogP contribution in [0.2, 0.25) is 0 Å². The lowest BCUT2D eigenvalue weighted by molar-refractivity contribution is -0.910. The third-order valence-corrected chi connectivity index (χ3v) is 5.04. The van der Waals surface area contributed by atoms with Gasteiger partial charge in [-0.15, -0.1) is 0 Å². The van der Waals surface area contributed by atoms with E-state index < -0.39 is 17.7 Å². The lowest BCUT2D eigenvalue weighted by atomic mass is 10.2. The van der Waals surface area contributed by atoms with Gasteiger partial charge in [-0.1, -0.05) is 30.3 Å². The van der Waals surface area contributed by atoms with Crippen LogP contribution in [0, 0.1) is 0 Å². The van der Waals surface area contributed by atoms with Crippen molar-refractivity contribution in [1.29, 1.82) is 0 Å². The Bertz CT molecular complexity index is 1050. The Balaban J connectivity index is 0.00000272. The Kier molecular flexibility index (Phi) is 8.06. The van der Waals surface area contributed by atoms with E-state index in [-0.39, 0.29) is 19.0 Å². The number of hydrogen-bond donors (Lipinski definition) is 1. The van der Waals surface area contributed by atoms with Crippen LogP contribution in [0.5, 0.6) is 5.75 Å². The number of hydrogen-bond acceptors (Lipinski definition) is 6. The molecule has 0 amide bonds. The maximum absolute atomic E-state index is 12.6. The van der Waals surface area contributed by atoms with Gasteiger partial charge in [0.2, 0.25) is 0 Å². The third kappa shape index (κ3) is 6.07. The van der Waals surface area contributed by atoms with Crippen molar-refractivity contribution in [3.05, 3.63) is 76.6 Å². The summed E-state index contributed by atoms with van der Waals surface area (Å²) in [6, 6.07) is 17.4. The van der Waals surface area contributed by atoms with Crippen LogP contribution in [-0.4, -0.2) is 51.5 Å². The van der Waals surface area contributed by atoms with Gasteiger partial charge in [0, 0.05) is 0 Å². The lowest BCUT2D eigenvalue weighted by Gasteiger charge is -2.27. The first-order chi connectivity index (χ1) is 14.7. The van der Waals surface area contributed by atoms with Crippen LogP contribution in [0.15, 0.2) is 69.9 Å². The molecule has 0 aliphatic carbocycles. The normalized spacial score (nSPS) is 15.1. The molecule has 1 aromatic heterocycles. The highest BCUT2D eigenvalue weighted by Gasteiger charge is 2.25. The molecule has 0 radical (unpaired) electrons. The van der Waals surface area contributed by atoms with E-state index in [9.17, 15) is 9.59 Å². The quantitative estimate of drug-likeness (QED) is 0.345. The number of nitrogens with one attached hydrogen (secondary N) is 1. The average Bonchev–Trinajstić information content (AvgIpc) is 2.78. The minimum Gasteiger partial charge on any atom is -1.00 e. The SMILES string of the molecule is O=C(OC(COc1cc(=O)oc2ccccc12)C[NH+]1CCOCC1)c1ccccc1.[Cl-]. The van der Waals surface area contributed by atoms with Crippen molar-refractivity contribution in [3.8, 4) is 5.75 Å². The standard InChI is InChI=1S/C23H23NO6.ClH/c25-22-14-21(19-8-4-5-9-20(19)30-22)28-16-18(15-24-10-12-27-13-11-24)29-23(26)17-6-2-1-3-7-17;/h1-9,14,18H,10-13,15-16H2;1H. The van der Waals surface area contributed by atoms with E-state index in [1.807, 2.05) is 18.2 Å². The molecule has 1 saturated heterocycles. The molecule has 7 nitrogen and oxygen atoms in total. The molecule has 1 atom stereocenters. The van der Waals surface area contributed by atoms with E-state index in [4.69, 9.17) is 18.6 Å². The topological polar surface area (TPSA) is 79.4 Å². The van der Waals surface area contributed by atoms with Crippen LogP contribution in [0.1, 0.15) is 10.4 Å². The Hall–Kier alpha value is -2.87. The summed E-state index contributed by atoms with van der Waals surface area (Å²) in [4.78, 5) is 25.8. The summed E-state index contributed by atoms with van der Waals surface area (Å²) >= 11 is 0. The maximum atomic E-state index is 12.6. The van der Waals surface area contributed by atoms with Crippen molar-refractivity contribution in [2.45, 2.75) is 6.10 Å². The van der Waals surface area contributed by atoms with Crippen LogP contribution in [0.3, 0.4) is 0 Å². The van der Waals surface area contributed by atoms with Gasteiger partial charge in [0.25, 0.3) is 0 Å². The van der Waals surface area contributed by atoms with Crippen molar-refractivity contribution in [1.82, 2.24) is 0 Å². The second-order valence-corrected chi connectivity index (χ2v) is 7.20. The van der Waals surface area contributed by atoms with Gasteiger partial charge >= 0.3 is 11.6 Å². The first-order valence-electron chi connectivity index (χ1n) is 10.0. The predicted octanol–water partition coefficient (Wildman–Crippen LogP) is -1.68. The molecule has 3 aromatic rings. The average molecular weight is 446 g/mol. The molecule has 2 aromatic carbocycles. The summed E-state index contributed by atoms with van der Waals surface area (Å²) in [5, 5.41) is 0.698. The number of ether oxygens (including phenoxy) is 3. The van der Waals surface area contributed by atoms with Crippen molar-refractivity contribution < 1.29 is 40.7 Å². The van der Waals surface area contributed by atoms with Crippen LogP contribution in [0.25, 0.3) is 11.0 Å². The molecule has 0 bridgehead atoms. The second kappa shape index (κ2) is 10.9. The minimum atomic E-state index is -0.486. The van der Waals surface area contributed by atoms with E-state index in [2.05, 4.69) is 0 Å². The van der Waals surface area contributed by atoms with Gasteiger partial charge in [-0.25, -0.2) is 9.59 Å². The Morgan fingerprint density at radius 1 is 1.03 bits per heavy atom. The number of carbonyl (C=O) groups excluding carboxylic acids is 1. The summed E-state index contributed by atoms with van der Waals surface area (Å²) in [7, 11) is 0. The second-order valence-electron chi connectivity index (χ2n) is 7.20. The van der Waals surface area contributed by atoms with Crippen LogP contribution < -0.4 is 27.7 Å². The third-order valence-electron chi connectivity index (χ3n) is 5.04. The van der Waals surface area contributed by atoms with Gasteiger partial charge in [-0.05, 0) is 24.3 Å². The molecule has 1 unspecified atom stereocenters. The van der Waals surface area contributed by atoms with Gasteiger partial charge in [0.05, 0.1) is 30.2 Å². The predicted molar refractivity (Wildman–Crippen MR) is 110 cm³/mol. The van der Waals surface area contributed by atoms with Crippen LogP contribution in [-0.2, 0) is 9.47 Å². The van der Waals surface area contributed by atoms with Gasteiger partial charge in [0.15, 0.2) is 6.10 Å². The Labute approximate surface area is 185 Å². The molecular formula is C23H24ClNO6. The first kappa shape index (κ1) is 22.8. The first-order valence-corrected chi connectivity index (χ1v) is 10.0. The molecule has 31 heavy (non-hydrogen) atoms. The summed E-state index contributed by atoms with van der Waals surface area (Å²) in [6.45, 7) is 3.78. The van der Waals surface area contributed by atoms with Gasteiger partial charge in [-0.2, -0.15) is 0 Å². The van der Waals surface area contributed by atoms with Crippen molar-refractivity contribution in [2.24, 2.45) is 0 Å². The number of fused-ring (bicyclic) bond motifs is 1. The summed E-state index contributed by atoms with van der Waals surface area (Å²) in [5.41, 5.74) is 0.460. The zero-order valence-corrected chi connectivity index (χ0v) is 17.7. The number of esters is 1. The fourth-order valence-corrected chi connectivity index (χ4v) is 3.50. The van der Waals surface area contributed by atoms with Crippen molar-refractivity contribution in [3.63, 3.8) is 0 Å². The smallest absolute Gasteiger partial charge is 0.339 e. The van der Waals surface area contributed by atoms with E-state index in [0.29, 0.717) is 42.0 Å². The molecule has 1 fully saturated rings. The molecule has 1 aliphatic rings. The minimum absolute atomic E-state index is 0. The molecule has 1 aliphatic heterocycles. The van der Waals surface area contributed by atoms with E-state index in [0.717, 1.165) is 13.1 Å². The highest BCUT2D eigenvalue weighted by atomic mass is 35.5. The zero-order valence-electron chi connectivity index (χ0n) is 16.9.